The van der Waals surface area contributed by atoms with Crippen LogP contribution in [0.4, 0.5) is 0 Å². The Balaban J connectivity index is 1.70. The second-order valence-corrected chi connectivity index (χ2v) is 7.61. The molecule has 5 atom stereocenters. The summed E-state index contributed by atoms with van der Waals surface area (Å²) < 4.78 is 12.6. The molecule has 134 valence electrons. The molecule has 2 aromatic carbocycles. The van der Waals surface area contributed by atoms with E-state index in [-0.39, 0.29) is 23.8 Å². The van der Waals surface area contributed by atoms with Crippen molar-refractivity contribution in [3.05, 3.63) is 71.8 Å². The van der Waals surface area contributed by atoms with Crippen LogP contribution in [0.2, 0.25) is 0 Å². The highest BCUT2D eigenvalue weighted by Crippen LogP contribution is 2.60. The Bertz CT molecular complexity index is 824. The van der Waals surface area contributed by atoms with E-state index in [0.717, 1.165) is 24.8 Å². The zero-order chi connectivity index (χ0) is 17.8. The third kappa shape index (κ3) is 1.94. The van der Waals surface area contributed by atoms with Gasteiger partial charge in [-0.25, -0.2) is 0 Å². The zero-order valence-electron chi connectivity index (χ0n) is 14.9. The van der Waals surface area contributed by atoms with Gasteiger partial charge in [-0.3, -0.25) is 4.79 Å². The van der Waals surface area contributed by atoms with Crippen LogP contribution in [0.1, 0.15) is 36.3 Å². The Morgan fingerprint density at radius 1 is 1.08 bits per heavy atom. The number of hydrogen-bond acceptors (Lipinski definition) is 3. The van der Waals surface area contributed by atoms with Crippen molar-refractivity contribution in [2.45, 2.75) is 42.6 Å². The van der Waals surface area contributed by atoms with E-state index < -0.39 is 11.4 Å². The van der Waals surface area contributed by atoms with Gasteiger partial charge in [0.2, 0.25) is 0 Å². The Morgan fingerprint density at radius 3 is 2.42 bits per heavy atom. The van der Waals surface area contributed by atoms with Crippen molar-refractivity contribution in [3.63, 3.8) is 0 Å². The molecule has 3 fully saturated rings. The van der Waals surface area contributed by atoms with Gasteiger partial charge in [-0.2, -0.15) is 0 Å². The smallest absolute Gasteiger partial charge is 0.259 e. The van der Waals surface area contributed by atoms with Crippen LogP contribution in [-0.2, 0) is 19.9 Å². The van der Waals surface area contributed by atoms with Crippen LogP contribution in [-0.4, -0.2) is 24.8 Å². The Morgan fingerprint density at radius 2 is 1.77 bits per heavy atom. The minimum absolute atomic E-state index is 0.0589. The molecule has 0 aromatic heterocycles. The lowest BCUT2D eigenvalue weighted by Crippen LogP contribution is -2.79. The maximum Gasteiger partial charge on any atom is 0.259 e. The maximum absolute atomic E-state index is 12.9. The lowest BCUT2D eigenvalue weighted by Gasteiger charge is -2.61. The molecule has 5 rings (SSSR count). The molecule has 0 bridgehead atoms. The van der Waals surface area contributed by atoms with Gasteiger partial charge in [0, 0.05) is 25.4 Å². The molecule has 2 heterocycles. The van der Waals surface area contributed by atoms with Crippen molar-refractivity contribution in [1.82, 2.24) is 5.32 Å². The summed E-state index contributed by atoms with van der Waals surface area (Å²) in [4.78, 5) is 12.9. The quantitative estimate of drug-likeness (QED) is 0.865. The summed E-state index contributed by atoms with van der Waals surface area (Å²) in [5, 5.41) is 3.17. The van der Waals surface area contributed by atoms with Crippen LogP contribution in [0.15, 0.2) is 60.7 Å². The molecule has 2 aliphatic heterocycles. The molecule has 4 heteroatoms. The number of rotatable bonds is 3. The van der Waals surface area contributed by atoms with Crippen LogP contribution in [0, 0.1) is 5.92 Å². The molecule has 4 nitrogen and oxygen atoms in total. The first-order chi connectivity index (χ1) is 12.7. The number of fused-ring (bicyclic) bond motifs is 2. The summed E-state index contributed by atoms with van der Waals surface area (Å²) in [7, 11) is 1.72. The fourth-order valence-corrected chi connectivity index (χ4v) is 5.37. The molecule has 0 radical (unpaired) electrons. The minimum Gasteiger partial charge on any atom is -0.353 e. The van der Waals surface area contributed by atoms with Crippen LogP contribution < -0.4 is 5.32 Å². The topological polar surface area (TPSA) is 47.6 Å². The van der Waals surface area contributed by atoms with Gasteiger partial charge in [0.25, 0.3) is 5.91 Å². The van der Waals surface area contributed by atoms with Crippen LogP contribution in [0.5, 0.6) is 0 Å². The van der Waals surface area contributed by atoms with Crippen LogP contribution in [0.3, 0.4) is 0 Å². The predicted molar refractivity (Wildman–Crippen MR) is 97.4 cm³/mol. The summed E-state index contributed by atoms with van der Waals surface area (Å²) in [6.07, 6.45) is 2.92. The molecule has 2 saturated heterocycles. The predicted octanol–water partition coefficient (Wildman–Crippen LogP) is 3.34. The van der Waals surface area contributed by atoms with Crippen LogP contribution >= 0.6 is 0 Å². The molecule has 2 aromatic rings. The average Bonchev–Trinajstić information content (AvgIpc) is 3.12. The molecule has 26 heavy (non-hydrogen) atoms. The molecular weight excluding hydrogens is 326 g/mol. The van der Waals surface area contributed by atoms with Crippen molar-refractivity contribution in [2.24, 2.45) is 5.92 Å². The first-order valence-corrected chi connectivity index (χ1v) is 9.38. The van der Waals surface area contributed by atoms with E-state index in [1.807, 2.05) is 36.4 Å². The molecular formula is C22H23NO3. The highest BCUT2D eigenvalue weighted by atomic mass is 16.7. The maximum atomic E-state index is 12.9. The lowest BCUT2D eigenvalue weighted by atomic mass is 9.62. The molecule has 0 unspecified atom stereocenters. The second-order valence-electron chi connectivity index (χ2n) is 7.61. The van der Waals surface area contributed by atoms with E-state index in [9.17, 15) is 4.79 Å². The molecule has 3 aliphatic rings. The first-order valence-electron chi connectivity index (χ1n) is 9.38. The number of benzene rings is 2. The van der Waals surface area contributed by atoms with E-state index in [2.05, 4.69) is 29.6 Å². The van der Waals surface area contributed by atoms with Gasteiger partial charge in [0.05, 0.1) is 6.04 Å². The molecule has 1 N–H and O–H groups in total. The first kappa shape index (κ1) is 16.0. The number of amides is 1. The SMILES string of the molecule is CO[C@@]12CCC[C@@H]1[C@@H](c1ccccc1)[C@H]1NC(=O)[C@@]1(c1ccccc1)O2. The summed E-state index contributed by atoms with van der Waals surface area (Å²) >= 11 is 0. The second kappa shape index (κ2) is 5.66. The van der Waals surface area contributed by atoms with Gasteiger partial charge in [0.15, 0.2) is 11.4 Å². The van der Waals surface area contributed by atoms with E-state index in [1.54, 1.807) is 7.11 Å². The van der Waals surface area contributed by atoms with Gasteiger partial charge >= 0.3 is 0 Å². The third-order valence-electron chi connectivity index (χ3n) is 6.53. The summed E-state index contributed by atoms with van der Waals surface area (Å²) in [5.74, 6) is -0.357. The van der Waals surface area contributed by atoms with Crippen molar-refractivity contribution in [1.29, 1.82) is 0 Å². The average molecular weight is 349 g/mol. The number of carbonyl (C=O) groups excluding carboxylic acids is 1. The van der Waals surface area contributed by atoms with Gasteiger partial charge in [0.1, 0.15) is 0 Å². The Kier molecular flexibility index (Phi) is 3.49. The number of methoxy groups -OCH3 is 1. The number of β-lactam (4-membered cyclic amide) rings is 1. The number of ether oxygens (including phenoxy) is 2. The largest absolute Gasteiger partial charge is 0.353 e. The summed E-state index contributed by atoms with van der Waals surface area (Å²) in [5.41, 5.74) is 1.18. The minimum atomic E-state index is -0.974. The normalized spacial score (nSPS) is 38.0. The fourth-order valence-electron chi connectivity index (χ4n) is 5.37. The van der Waals surface area contributed by atoms with Crippen molar-refractivity contribution < 1.29 is 14.3 Å². The van der Waals surface area contributed by atoms with E-state index >= 15 is 0 Å². The zero-order valence-corrected chi connectivity index (χ0v) is 14.9. The highest BCUT2D eigenvalue weighted by molar-refractivity contribution is 5.95. The molecule has 1 amide bonds. The van der Waals surface area contributed by atoms with Gasteiger partial charge in [-0.05, 0) is 24.0 Å². The summed E-state index contributed by atoms with van der Waals surface area (Å²) in [6.45, 7) is 0. The fraction of sp³-hybridized carbons (Fsp3) is 0.409. The lowest BCUT2D eigenvalue weighted by molar-refractivity contribution is -0.339. The van der Waals surface area contributed by atoms with Gasteiger partial charge in [-0.1, -0.05) is 60.7 Å². The van der Waals surface area contributed by atoms with Gasteiger partial charge < -0.3 is 14.8 Å². The van der Waals surface area contributed by atoms with E-state index in [0.29, 0.717) is 0 Å². The summed E-state index contributed by atoms with van der Waals surface area (Å²) in [6, 6.07) is 20.3. The highest BCUT2D eigenvalue weighted by Gasteiger charge is 2.71. The number of nitrogens with one attached hydrogen (secondary N) is 1. The molecule has 0 spiro atoms. The van der Waals surface area contributed by atoms with Crippen molar-refractivity contribution in [2.75, 3.05) is 7.11 Å². The Hall–Kier alpha value is -2.17. The van der Waals surface area contributed by atoms with Crippen LogP contribution in [0.25, 0.3) is 0 Å². The molecule has 1 aliphatic carbocycles. The number of carbonyl (C=O) groups is 1. The monoisotopic (exact) mass is 349 g/mol. The van der Waals surface area contributed by atoms with Crippen molar-refractivity contribution >= 4 is 5.91 Å². The van der Waals surface area contributed by atoms with E-state index in [4.69, 9.17) is 9.47 Å². The standard InChI is InChI=1S/C22H23NO3/c1-25-21-14-8-13-17(21)18(15-9-4-2-5-10-15)19-22(26-21,20(24)23-19)16-11-6-3-7-12-16/h2-7,9-12,17-19H,8,13-14H2,1H3,(H,23,24)/t17-,18-,19-,21-,22+/m1/s1. The van der Waals surface area contributed by atoms with Crippen molar-refractivity contribution in [3.8, 4) is 0 Å². The van der Waals surface area contributed by atoms with Gasteiger partial charge in [-0.15, -0.1) is 0 Å². The molecule has 1 saturated carbocycles. The number of hydrogen-bond donors (Lipinski definition) is 1. The Labute approximate surface area is 153 Å². The third-order valence-corrected chi connectivity index (χ3v) is 6.53. The van der Waals surface area contributed by atoms with E-state index in [1.165, 1.54) is 5.56 Å².